The van der Waals surface area contributed by atoms with Crippen LogP contribution in [0.3, 0.4) is 0 Å². The van der Waals surface area contributed by atoms with Crippen molar-refractivity contribution in [2.24, 2.45) is 5.41 Å². The fourth-order valence-electron chi connectivity index (χ4n) is 2.90. The highest BCUT2D eigenvalue weighted by atomic mass is 79.9. The van der Waals surface area contributed by atoms with Crippen molar-refractivity contribution >= 4 is 39.1 Å². The Hall–Kier alpha value is 0.280. The largest absolute Gasteiger partial charge is 0.0843 e. The van der Waals surface area contributed by atoms with Gasteiger partial charge >= 0.3 is 0 Å². The summed E-state index contributed by atoms with van der Waals surface area (Å²) < 4.78 is 0. The van der Waals surface area contributed by atoms with Crippen LogP contribution in [0.1, 0.15) is 49.4 Å². The van der Waals surface area contributed by atoms with Gasteiger partial charge in [0.05, 0.1) is 0 Å². The van der Waals surface area contributed by atoms with Gasteiger partial charge in [-0.15, -0.1) is 0 Å². The molecule has 3 heteroatoms. The highest BCUT2D eigenvalue weighted by Crippen LogP contribution is 2.55. The van der Waals surface area contributed by atoms with Crippen molar-refractivity contribution in [1.29, 1.82) is 0 Å². The molecule has 1 aliphatic rings. The van der Waals surface area contributed by atoms with Crippen LogP contribution < -0.4 is 0 Å². The van der Waals surface area contributed by atoms with Crippen molar-refractivity contribution in [3.63, 3.8) is 0 Å². The third kappa shape index (κ3) is 2.67. The van der Waals surface area contributed by atoms with Gasteiger partial charge < -0.3 is 0 Å². The quantitative estimate of drug-likeness (QED) is 0.560. The fraction of sp³-hybridized carbons (Fsp3) is 0.571. The third-order valence-electron chi connectivity index (χ3n) is 4.07. The molecule has 0 radical (unpaired) electrons. The van der Waals surface area contributed by atoms with Gasteiger partial charge in [-0.3, -0.25) is 0 Å². The second-order valence-electron chi connectivity index (χ2n) is 4.95. The van der Waals surface area contributed by atoms with Gasteiger partial charge in [0.25, 0.3) is 0 Å². The SMILES string of the molecule is CCC1(C(Br)c2cc(Cl)ccc2Cl)CCCC1. The minimum absolute atomic E-state index is 0.314. The Morgan fingerprint density at radius 2 is 1.94 bits per heavy atom. The van der Waals surface area contributed by atoms with Gasteiger partial charge in [0.1, 0.15) is 0 Å². The molecule has 0 N–H and O–H groups in total. The number of halogens is 3. The first-order valence-corrected chi connectivity index (χ1v) is 7.85. The van der Waals surface area contributed by atoms with Crippen LogP contribution >= 0.6 is 39.1 Å². The maximum atomic E-state index is 6.30. The molecule has 2 rings (SSSR count). The van der Waals surface area contributed by atoms with E-state index in [2.05, 4.69) is 22.9 Å². The molecule has 1 fully saturated rings. The van der Waals surface area contributed by atoms with Crippen LogP contribution in [0, 0.1) is 5.41 Å². The van der Waals surface area contributed by atoms with E-state index in [-0.39, 0.29) is 0 Å². The molecule has 0 saturated heterocycles. The predicted octanol–water partition coefficient (Wildman–Crippen LogP) is 6.40. The molecule has 1 unspecified atom stereocenters. The molecule has 0 bridgehead atoms. The van der Waals surface area contributed by atoms with Crippen LogP contribution in [0.15, 0.2) is 18.2 Å². The van der Waals surface area contributed by atoms with Crippen LogP contribution in [0.2, 0.25) is 10.0 Å². The molecule has 1 aliphatic carbocycles. The van der Waals surface area contributed by atoms with Crippen molar-refractivity contribution in [3.05, 3.63) is 33.8 Å². The van der Waals surface area contributed by atoms with E-state index in [9.17, 15) is 0 Å². The second-order valence-corrected chi connectivity index (χ2v) is 6.71. The average molecular weight is 336 g/mol. The molecule has 1 aromatic rings. The summed E-state index contributed by atoms with van der Waals surface area (Å²) in [5.41, 5.74) is 1.50. The summed E-state index contributed by atoms with van der Waals surface area (Å²) in [6.45, 7) is 2.28. The minimum atomic E-state index is 0.314. The molecule has 0 nitrogen and oxygen atoms in total. The van der Waals surface area contributed by atoms with E-state index in [0.717, 1.165) is 15.6 Å². The van der Waals surface area contributed by atoms with E-state index in [1.807, 2.05) is 18.2 Å². The van der Waals surface area contributed by atoms with Crippen molar-refractivity contribution in [3.8, 4) is 0 Å². The zero-order valence-electron chi connectivity index (χ0n) is 9.98. The van der Waals surface area contributed by atoms with Crippen LogP contribution in [0.4, 0.5) is 0 Å². The van der Waals surface area contributed by atoms with E-state index in [4.69, 9.17) is 23.2 Å². The summed E-state index contributed by atoms with van der Waals surface area (Å²) in [5, 5.41) is 1.58. The van der Waals surface area contributed by atoms with Crippen LogP contribution in [-0.4, -0.2) is 0 Å². The number of rotatable bonds is 3. The second kappa shape index (κ2) is 5.50. The van der Waals surface area contributed by atoms with Crippen LogP contribution in [-0.2, 0) is 0 Å². The van der Waals surface area contributed by atoms with E-state index in [1.54, 1.807) is 0 Å². The first kappa shape index (κ1) is 13.7. The van der Waals surface area contributed by atoms with E-state index in [1.165, 1.54) is 32.1 Å². The summed E-state index contributed by atoms with van der Waals surface area (Å²) in [6.07, 6.45) is 6.40. The molecule has 94 valence electrons. The van der Waals surface area contributed by atoms with Crippen molar-refractivity contribution < 1.29 is 0 Å². The van der Waals surface area contributed by atoms with Gasteiger partial charge in [-0.25, -0.2) is 0 Å². The molecule has 0 heterocycles. The van der Waals surface area contributed by atoms with Crippen molar-refractivity contribution in [2.75, 3.05) is 0 Å². The van der Waals surface area contributed by atoms with Gasteiger partial charge in [0.2, 0.25) is 0 Å². The zero-order chi connectivity index (χ0) is 12.5. The molecular weight excluding hydrogens is 319 g/mol. The van der Waals surface area contributed by atoms with Crippen molar-refractivity contribution in [2.45, 2.75) is 43.9 Å². The van der Waals surface area contributed by atoms with Crippen LogP contribution in [0.25, 0.3) is 0 Å². The number of hydrogen-bond donors (Lipinski definition) is 0. The maximum Gasteiger partial charge on any atom is 0.0466 e. The smallest absolute Gasteiger partial charge is 0.0466 e. The Balaban J connectivity index is 2.35. The number of hydrogen-bond acceptors (Lipinski definition) is 0. The third-order valence-corrected chi connectivity index (χ3v) is 6.12. The monoisotopic (exact) mass is 334 g/mol. The molecule has 0 amide bonds. The summed E-state index contributed by atoms with van der Waals surface area (Å²) in [4.78, 5) is 0.314. The summed E-state index contributed by atoms with van der Waals surface area (Å²) in [7, 11) is 0. The minimum Gasteiger partial charge on any atom is -0.0843 e. The Labute approximate surface area is 122 Å². The number of alkyl halides is 1. The van der Waals surface area contributed by atoms with Gasteiger partial charge in [0.15, 0.2) is 0 Å². The fourth-order valence-corrected chi connectivity index (χ4v) is 4.60. The normalized spacial score (nSPS) is 20.5. The standard InChI is InChI=1S/C14H17BrCl2/c1-2-14(7-3-4-8-14)13(15)11-9-10(16)5-6-12(11)17/h5-6,9,13H,2-4,7-8H2,1H3. The van der Waals surface area contributed by atoms with E-state index >= 15 is 0 Å². The summed E-state index contributed by atoms with van der Waals surface area (Å²) in [6, 6.07) is 5.74. The van der Waals surface area contributed by atoms with Gasteiger partial charge in [-0.05, 0) is 48.4 Å². The Bertz CT molecular complexity index is 397. The first-order valence-electron chi connectivity index (χ1n) is 6.18. The zero-order valence-corrected chi connectivity index (χ0v) is 13.1. The maximum absolute atomic E-state index is 6.30. The lowest BCUT2D eigenvalue weighted by molar-refractivity contribution is 0.279. The Morgan fingerprint density at radius 1 is 1.29 bits per heavy atom. The predicted molar refractivity (Wildman–Crippen MR) is 79.3 cm³/mol. The summed E-state index contributed by atoms with van der Waals surface area (Å²) in [5.74, 6) is 0. The van der Waals surface area contributed by atoms with Gasteiger partial charge in [0, 0.05) is 14.9 Å². The molecule has 0 spiro atoms. The van der Waals surface area contributed by atoms with Crippen LogP contribution in [0.5, 0.6) is 0 Å². The van der Waals surface area contributed by atoms with Gasteiger partial charge in [-0.1, -0.05) is 58.9 Å². The lowest BCUT2D eigenvalue weighted by Crippen LogP contribution is -2.21. The Morgan fingerprint density at radius 3 is 2.53 bits per heavy atom. The Kier molecular flexibility index (Phi) is 4.44. The molecule has 0 aliphatic heterocycles. The summed E-state index contributed by atoms with van der Waals surface area (Å²) >= 11 is 16.2. The van der Waals surface area contributed by atoms with Gasteiger partial charge in [-0.2, -0.15) is 0 Å². The highest BCUT2D eigenvalue weighted by Gasteiger charge is 2.39. The topological polar surface area (TPSA) is 0 Å². The lowest BCUT2D eigenvalue weighted by Gasteiger charge is -2.34. The number of benzene rings is 1. The first-order chi connectivity index (χ1) is 8.09. The molecule has 1 saturated carbocycles. The molecule has 0 aromatic heterocycles. The van der Waals surface area contributed by atoms with E-state index in [0.29, 0.717) is 10.2 Å². The lowest BCUT2D eigenvalue weighted by atomic mass is 9.77. The molecule has 1 aromatic carbocycles. The molecule has 1 atom stereocenters. The van der Waals surface area contributed by atoms with Crippen molar-refractivity contribution in [1.82, 2.24) is 0 Å². The highest BCUT2D eigenvalue weighted by molar-refractivity contribution is 9.09. The molecular formula is C14H17BrCl2. The molecule has 17 heavy (non-hydrogen) atoms. The average Bonchev–Trinajstić information content (AvgIpc) is 2.81. The van der Waals surface area contributed by atoms with E-state index < -0.39 is 0 Å².